The van der Waals surface area contributed by atoms with E-state index in [0.717, 1.165) is 29.7 Å². The average Bonchev–Trinajstić information content (AvgIpc) is 2.69. The van der Waals surface area contributed by atoms with Gasteiger partial charge in [0.1, 0.15) is 0 Å². The molecule has 0 spiro atoms. The SMILES string of the molecule is CCOC(=O)CN1CCc2cc(OC)c(OC)cc2[C@H]1c1cc(C)ccc1N. The summed E-state index contributed by atoms with van der Waals surface area (Å²) < 4.78 is 16.2. The van der Waals surface area contributed by atoms with Gasteiger partial charge in [-0.3, -0.25) is 9.69 Å². The zero-order valence-corrected chi connectivity index (χ0v) is 17.0. The molecule has 1 aliphatic rings. The number of carbonyl (C=O) groups excluding carboxylic acids is 1. The Hall–Kier alpha value is -2.73. The van der Waals surface area contributed by atoms with Crippen molar-refractivity contribution >= 4 is 11.7 Å². The van der Waals surface area contributed by atoms with Gasteiger partial charge in [-0.15, -0.1) is 0 Å². The Morgan fingerprint density at radius 1 is 1.14 bits per heavy atom. The number of benzene rings is 2. The number of ether oxygens (including phenoxy) is 3. The molecule has 6 nitrogen and oxygen atoms in total. The number of nitrogens with zero attached hydrogens (tertiary/aromatic N) is 1. The van der Waals surface area contributed by atoms with Crippen molar-refractivity contribution in [1.82, 2.24) is 4.90 Å². The van der Waals surface area contributed by atoms with Crippen LogP contribution in [0.1, 0.15) is 35.2 Å². The van der Waals surface area contributed by atoms with Crippen molar-refractivity contribution in [3.05, 3.63) is 52.6 Å². The number of nitrogen functional groups attached to an aromatic ring is 1. The minimum absolute atomic E-state index is 0.159. The number of carbonyl (C=O) groups is 1. The smallest absolute Gasteiger partial charge is 0.320 e. The number of rotatable bonds is 6. The van der Waals surface area contributed by atoms with Gasteiger partial charge in [0.05, 0.1) is 33.4 Å². The van der Waals surface area contributed by atoms with E-state index in [2.05, 4.69) is 11.0 Å². The van der Waals surface area contributed by atoms with Crippen LogP contribution in [0.3, 0.4) is 0 Å². The molecule has 150 valence electrons. The standard InChI is InChI=1S/C22H28N2O4/c1-5-28-21(25)13-24-9-8-15-11-19(26-3)20(27-4)12-16(15)22(24)17-10-14(2)6-7-18(17)23/h6-7,10-12,22H,5,8-9,13,23H2,1-4H3/t22-/m0/s1. The highest BCUT2D eigenvalue weighted by atomic mass is 16.5. The highest BCUT2D eigenvalue weighted by molar-refractivity contribution is 5.72. The Morgan fingerprint density at radius 3 is 2.54 bits per heavy atom. The van der Waals surface area contributed by atoms with Crippen LogP contribution in [0.25, 0.3) is 0 Å². The third kappa shape index (κ3) is 3.92. The highest BCUT2D eigenvalue weighted by Gasteiger charge is 2.33. The number of hydrogen-bond acceptors (Lipinski definition) is 6. The fourth-order valence-electron chi connectivity index (χ4n) is 3.84. The van der Waals surface area contributed by atoms with Crippen LogP contribution >= 0.6 is 0 Å². The van der Waals surface area contributed by atoms with E-state index in [1.807, 2.05) is 38.1 Å². The molecular formula is C22H28N2O4. The summed E-state index contributed by atoms with van der Waals surface area (Å²) in [6.07, 6.45) is 0.803. The lowest BCUT2D eigenvalue weighted by molar-refractivity contribution is -0.145. The van der Waals surface area contributed by atoms with Gasteiger partial charge in [0, 0.05) is 12.2 Å². The first-order chi connectivity index (χ1) is 13.5. The molecule has 6 heteroatoms. The number of nitrogens with two attached hydrogens (primary N) is 1. The first kappa shape index (κ1) is 20.0. The molecule has 0 aromatic heterocycles. The van der Waals surface area contributed by atoms with Gasteiger partial charge in [0.25, 0.3) is 0 Å². The lowest BCUT2D eigenvalue weighted by Gasteiger charge is -2.38. The topological polar surface area (TPSA) is 74.0 Å². The molecule has 3 rings (SSSR count). The van der Waals surface area contributed by atoms with Crippen LogP contribution in [0.4, 0.5) is 5.69 Å². The summed E-state index contributed by atoms with van der Waals surface area (Å²) in [5, 5.41) is 0. The molecule has 0 saturated carbocycles. The van der Waals surface area contributed by atoms with Gasteiger partial charge in [-0.05, 0) is 55.2 Å². The van der Waals surface area contributed by atoms with Crippen molar-refractivity contribution in [3.63, 3.8) is 0 Å². The molecule has 0 bridgehead atoms. The molecule has 0 aliphatic carbocycles. The van der Waals surface area contributed by atoms with Crippen LogP contribution in [-0.2, 0) is 16.0 Å². The molecule has 0 fully saturated rings. The second-order valence-electron chi connectivity index (χ2n) is 6.97. The zero-order valence-electron chi connectivity index (χ0n) is 17.0. The maximum atomic E-state index is 12.2. The molecule has 1 heterocycles. The number of esters is 1. The van der Waals surface area contributed by atoms with Crippen molar-refractivity contribution < 1.29 is 19.0 Å². The first-order valence-corrected chi connectivity index (χ1v) is 9.49. The van der Waals surface area contributed by atoms with Crippen molar-refractivity contribution in [2.75, 3.05) is 39.6 Å². The molecule has 1 aliphatic heterocycles. The predicted octanol–water partition coefficient (Wildman–Crippen LogP) is 3.11. The van der Waals surface area contributed by atoms with Gasteiger partial charge < -0.3 is 19.9 Å². The number of fused-ring (bicyclic) bond motifs is 1. The molecule has 0 amide bonds. The number of methoxy groups -OCH3 is 2. The third-order valence-electron chi connectivity index (χ3n) is 5.15. The monoisotopic (exact) mass is 384 g/mol. The fourth-order valence-corrected chi connectivity index (χ4v) is 3.84. The van der Waals surface area contributed by atoms with Crippen molar-refractivity contribution in [3.8, 4) is 11.5 Å². The van der Waals surface area contributed by atoms with Crippen LogP contribution < -0.4 is 15.2 Å². The molecule has 2 aromatic carbocycles. The summed E-state index contributed by atoms with van der Waals surface area (Å²) in [5.74, 6) is 1.13. The van der Waals surface area contributed by atoms with Gasteiger partial charge in [0.2, 0.25) is 0 Å². The molecule has 28 heavy (non-hydrogen) atoms. The van der Waals surface area contributed by atoms with E-state index in [-0.39, 0.29) is 18.6 Å². The molecule has 2 aromatic rings. The summed E-state index contributed by atoms with van der Waals surface area (Å²) in [4.78, 5) is 14.4. The van der Waals surface area contributed by atoms with Crippen molar-refractivity contribution in [2.45, 2.75) is 26.3 Å². The maximum Gasteiger partial charge on any atom is 0.320 e. The van der Waals surface area contributed by atoms with E-state index < -0.39 is 0 Å². The summed E-state index contributed by atoms with van der Waals surface area (Å²) in [6.45, 7) is 5.15. The van der Waals surface area contributed by atoms with Crippen molar-refractivity contribution in [2.24, 2.45) is 0 Å². The summed E-state index contributed by atoms with van der Waals surface area (Å²) in [5.41, 5.74) is 11.4. The Balaban J connectivity index is 2.13. The van der Waals surface area contributed by atoms with Crippen LogP contribution in [0.2, 0.25) is 0 Å². The van der Waals surface area contributed by atoms with Gasteiger partial charge in [0.15, 0.2) is 11.5 Å². The van der Waals surface area contributed by atoms with Gasteiger partial charge >= 0.3 is 5.97 Å². The Morgan fingerprint density at radius 2 is 1.86 bits per heavy atom. The molecule has 2 N–H and O–H groups in total. The summed E-state index contributed by atoms with van der Waals surface area (Å²) >= 11 is 0. The molecule has 0 radical (unpaired) electrons. The predicted molar refractivity (Wildman–Crippen MR) is 109 cm³/mol. The number of hydrogen-bond donors (Lipinski definition) is 1. The van der Waals surface area contributed by atoms with Crippen molar-refractivity contribution in [1.29, 1.82) is 0 Å². The molecule has 0 unspecified atom stereocenters. The minimum atomic E-state index is -0.234. The van der Waals surface area contributed by atoms with Gasteiger partial charge in [-0.2, -0.15) is 0 Å². The minimum Gasteiger partial charge on any atom is -0.493 e. The second-order valence-corrected chi connectivity index (χ2v) is 6.97. The lowest BCUT2D eigenvalue weighted by Crippen LogP contribution is -2.40. The normalized spacial score (nSPS) is 16.4. The molecule has 0 saturated heterocycles. The van der Waals surface area contributed by atoms with Crippen LogP contribution in [0, 0.1) is 6.92 Å². The van der Waals surface area contributed by atoms with Crippen LogP contribution in [-0.4, -0.2) is 44.8 Å². The Bertz CT molecular complexity index is 866. The summed E-state index contributed by atoms with van der Waals surface area (Å²) in [6, 6.07) is 9.86. The Kier molecular flexibility index (Phi) is 6.09. The fraction of sp³-hybridized carbons (Fsp3) is 0.409. The van der Waals surface area contributed by atoms with E-state index in [1.54, 1.807) is 14.2 Å². The third-order valence-corrected chi connectivity index (χ3v) is 5.15. The highest BCUT2D eigenvalue weighted by Crippen LogP contribution is 2.42. The van der Waals surface area contributed by atoms with Crippen LogP contribution in [0.5, 0.6) is 11.5 Å². The van der Waals surface area contributed by atoms with Gasteiger partial charge in [-0.1, -0.05) is 17.7 Å². The maximum absolute atomic E-state index is 12.2. The van der Waals surface area contributed by atoms with E-state index in [1.165, 1.54) is 5.56 Å². The lowest BCUT2D eigenvalue weighted by atomic mass is 9.86. The van der Waals surface area contributed by atoms with Crippen LogP contribution in [0.15, 0.2) is 30.3 Å². The van der Waals surface area contributed by atoms with E-state index in [9.17, 15) is 4.79 Å². The van der Waals surface area contributed by atoms with E-state index in [0.29, 0.717) is 23.8 Å². The second kappa shape index (κ2) is 8.52. The average molecular weight is 384 g/mol. The van der Waals surface area contributed by atoms with E-state index in [4.69, 9.17) is 19.9 Å². The molecule has 1 atom stereocenters. The molecular weight excluding hydrogens is 356 g/mol. The Labute approximate surface area is 166 Å². The zero-order chi connectivity index (χ0) is 20.3. The number of anilines is 1. The van der Waals surface area contributed by atoms with Gasteiger partial charge in [-0.25, -0.2) is 0 Å². The number of aryl methyl sites for hydroxylation is 1. The summed E-state index contributed by atoms with van der Waals surface area (Å²) in [7, 11) is 3.26. The largest absolute Gasteiger partial charge is 0.493 e. The quantitative estimate of drug-likeness (QED) is 0.609. The first-order valence-electron chi connectivity index (χ1n) is 9.49. The van der Waals surface area contributed by atoms with E-state index >= 15 is 0 Å².